The van der Waals surface area contributed by atoms with E-state index >= 15 is 0 Å². The lowest BCUT2D eigenvalue weighted by Crippen LogP contribution is -2.17. The maximum absolute atomic E-state index is 12.3. The van der Waals surface area contributed by atoms with Crippen molar-refractivity contribution in [1.29, 1.82) is 0 Å². The number of para-hydroxylation sites is 1. The summed E-state index contributed by atoms with van der Waals surface area (Å²) in [5, 5.41) is 7.20. The van der Waals surface area contributed by atoms with E-state index in [0.29, 0.717) is 5.69 Å². The van der Waals surface area contributed by atoms with Gasteiger partial charge in [-0.2, -0.15) is 5.10 Å². The van der Waals surface area contributed by atoms with Crippen LogP contribution in [0.4, 0.5) is 5.69 Å². The number of nitrogens with zero attached hydrogens (tertiary/aromatic N) is 2. The first-order chi connectivity index (χ1) is 9.02. The van der Waals surface area contributed by atoms with Crippen molar-refractivity contribution in [2.75, 3.05) is 5.32 Å². The van der Waals surface area contributed by atoms with Crippen LogP contribution >= 0.6 is 0 Å². The van der Waals surface area contributed by atoms with Crippen LogP contribution in [0.5, 0.6) is 0 Å². The Hall–Kier alpha value is -2.10. The highest BCUT2D eigenvalue weighted by Crippen LogP contribution is 2.21. The summed E-state index contributed by atoms with van der Waals surface area (Å²) in [5.41, 5.74) is 4.55. The molecule has 0 aliphatic rings. The molecule has 0 bridgehead atoms. The molecule has 2 aromatic rings. The molecule has 4 heteroatoms. The first-order valence-electron chi connectivity index (χ1n) is 6.43. The van der Waals surface area contributed by atoms with Crippen LogP contribution < -0.4 is 5.32 Å². The highest BCUT2D eigenvalue weighted by Gasteiger charge is 2.14. The Morgan fingerprint density at radius 1 is 1.37 bits per heavy atom. The van der Waals surface area contributed by atoms with Crippen molar-refractivity contribution in [2.24, 2.45) is 7.05 Å². The summed E-state index contributed by atoms with van der Waals surface area (Å²) in [7, 11) is 1.78. The second-order valence-corrected chi connectivity index (χ2v) is 4.71. The van der Waals surface area contributed by atoms with Gasteiger partial charge in [0.1, 0.15) is 5.69 Å². The highest BCUT2D eigenvalue weighted by atomic mass is 16.2. The van der Waals surface area contributed by atoms with E-state index in [9.17, 15) is 4.79 Å². The van der Waals surface area contributed by atoms with Gasteiger partial charge in [-0.3, -0.25) is 9.48 Å². The van der Waals surface area contributed by atoms with Crippen molar-refractivity contribution in [3.8, 4) is 0 Å². The van der Waals surface area contributed by atoms with Gasteiger partial charge >= 0.3 is 0 Å². The number of aryl methyl sites for hydroxylation is 4. The van der Waals surface area contributed by atoms with E-state index in [2.05, 4.69) is 17.3 Å². The van der Waals surface area contributed by atoms with Gasteiger partial charge in [0, 0.05) is 12.7 Å². The number of hydrogen-bond acceptors (Lipinski definition) is 2. The first kappa shape index (κ1) is 13.3. The van der Waals surface area contributed by atoms with Crippen molar-refractivity contribution < 1.29 is 4.79 Å². The average Bonchev–Trinajstić information content (AvgIpc) is 2.71. The molecule has 0 saturated heterocycles. The lowest BCUT2D eigenvalue weighted by Gasteiger charge is -2.12. The number of carbonyl (C=O) groups excluding carboxylic acids is 1. The molecule has 0 atom stereocenters. The first-order valence-corrected chi connectivity index (χ1v) is 6.43. The van der Waals surface area contributed by atoms with Crippen LogP contribution in [0.25, 0.3) is 0 Å². The maximum Gasteiger partial charge on any atom is 0.273 e. The number of amides is 1. The molecule has 0 fully saturated rings. The molecule has 1 N–H and O–H groups in total. The Morgan fingerprint density at radius 3 is 2.68 bits per heavy atom. The summed E-state index contributed by atoms with van der Waals surface area (Å²) in [5.74, 6) is -0.118. The minimum atomic E-state index is -0.118. The van der Waals surface area contributed by atoms with E-state index in [-0.39, 0.29) is 5.91 Å². The molecule has 0 spiro atoms. The van der Waals surface area contributed by atoms with Crippen molar-refractivity contribution in [2.45, 2.75) is 27.2 Å². The van der Waals surface area contributed by atoms with Gasteiger partial charge in [0.15, 0.2) is 0 Å². The fourth-order valence-electron chi connectivity index (χ4n) is 2.20. The Balaban J connectivity index is 2.31. The van der Waals surface area contributed by atoms with E-state index in [0.717, 1.165) is 28.9 Å². The van der Waals surface area contributed by atoms with Crippen LogP contribution in [0.1, 0.15) is 34.2 Å². The molecule has 0 aliphatic heterocycles. The number of rotatable bonds is 3. The zero-order valence-electron chi connectivity index (χ0n) is 11.8. The van der Waals surface area contributed by atoms with Crippen molar-refractivity contribution in [3.63, 3.8) is 0 Å². The van der Waals surface area contributed by atoms with Crippen molar-refractivity contribution in [3.05, 3.63) is 46.8 Å². The second kappa shape index (κ2) is 5.26. The van der Waals surface area contributed by atoms with Gasteiger partial charge in [-0.25, -0.2) is 0 Å². The Kier molecular flexibility index (Phi) is 3.69. The predicted octanol–water partition coefficient (Wildman–Crippen LogP) is 2.85. The minimum absolute atomic E-state index is 0.118. The predicted molar refractivity (Wildman–Crippen MR) is 76.5 cm³/mol. The minimum Gasteiger partial charge on any atom is -0.320 e. The van der Waals surface area contributed by atoms with E-state index in [4.69, 9.17) is 0 Å². The third kappa shape index (κ3) is 2.67. The Bertz CT molecular complexity index is 614. The summed E-state index contributed by atoms with van der Waals surface area (Å²) in [6.07, 6.45) is 0.891. The summed E-state index contributed by atoms with van der Waals surface area (Å²) < 4.78 is 1.61. The summed E-state index contributed by atoms with van der Waals surface area (Å²) >= 11 is 0. The molecule has 0 unspecified atom stereocenters. The van der Waals surface area contributed by atoms with E-state index in [1.807, 2.05) is 32.0 Å². The SMILES string of the molecule is CCc1cccc(C)c1NC(=O)c1cc(C)nn1C. The summed E-state index contributed by atoms with van der Waals surface area (Å²) in [6, 6.07) is 7.84. The normalized spacial score (nSPS) is 10.5. The number of aromatic nitrogens is 2. The monoisotopic (exact) mass is 257 g/mol. The summed E-state index contributed by atoms with van der Waals surface area (Å²) in [4.78, 5) is 12.3. The number of carbonyl (C=O) groups is 1. The van der Waals surface area contributed by atoms with Crippen molar-refractivity contribution in [1.82, 2.24) is 9.78 Å². The lowest BCUT2D eigenvalue weighted by atomic mass is 10.1. The number of anilines is 1. The molecule has 4 nitrogen and oxygen atoms in total. The van der Waals surface area contributed by atoms with Gasteiger partial charge in [-0.1, -0.05) is 25.1 Å². The van der Waals surface area contributed by atoms with Crippen LogP contribution in [0, 0.1) is 13.8 Å². The lowest BCUT2D eigenvalue weighted by molar-refractivity contribution is 0.101. The fraction of sp³-hybridized carbons (Fsp3) is 0.333. The zero-order chi connectivity index (χ0) is 14.0. The molecule has 1 heterocycles. The molecule has 100 valence electrons. The standard InChI is InChI=1S/C15H19N3O/c1-5-12-8-6-7-10(2)14(12)16-15(19)13-9-11(3)17-18(13)4/h6-9H,5H2,1-4H3,(H,16,19). The largest absolute Gasteiger partial charge is 0.320 e. The molecule has 1 aromatic heterocycles. The van der Waals surface area contributed by atoms with Crippen LogP contribution in [0.2, 0.25) is 0 Å². The van der Waals surface area contributed by atoms with E-state index in [1.54, 1.807) is 17.8 Å². The zero-order valence-corrected chi connectivity index (χ0v) is 11.8. The van der Waals surface area contributed by atoms with Crippen LogP contribution in [0.3, 0.4) is 0 Å². The van der Waals surface area contributed by atoms with Gasteiger partial charge in [0.05, 0.1) is 5.69 Å². The maximum atomic E-state index is 12.3. The highest BCUT2D eigenvalue weighted by molar-refractivity contribution is 6.04. The molecule has 19 heavy (non-hydrogen) atoms. The topological polar surface area (TPSA) is 46.9 Å². The van der Waals surface area contributed by atoms with Crippen molar-refractivity contribution >= 4 is 11.6 Å². The number of hydrogen-bond donors (Lipinski definition) is 1. The average molecular weight is 257 g/mol. The van der Waals surface area contributed by atoms with E-state index < -0.39 is 0 Å². The fourth-order valence-corrected chi connectivity index (χ4v) is 2.20. The molecule has 0 aliphatic carbocycles. The number of nitrogens with one attached hydrogen (secondary N) is 1. The van der Waals surface area contributed by atoms with E-state index in [1.165, 1.54) is 0 Å². The molecular weight excluding hydrogens is 238 g/mol. The molecule has 1 amide bonds. The molecule has 1 aromatic carbocycles. The quantitative estimate of drug-likeness (QED) is 0.919. The molecule has 2 rings (SSSR count). The Labute approximate surface area is 113 Å². The van der Waals surface area contributed by atoms with Gasteiger partial charge in [0.25, 0.3) is 5.91 Å². The van der Waals surface area contributed by atoms with Gasteiger partial charge in [0.2, 0.25) is 0 Å². The summed E-state index contributed by atoms with van der Waals surface area (Å²) in [6.45, 7) is 5.96. The van der Waals surface area contributed by atoms with Crippen LogP contribution in [-0.4, -0.2) is 15.7 Å². The van der Waals surface area contributed by atoms with Gasteiger partial charge < -0.3 is 5.32 Å². The third-order valence-corrected chi connectivity index (χ3v) is 3.21. The smallest absolute Gasteiger partial charge is 0.273 e. The van der Waals surface area contributed by atoms with Crippen LogP contribution in [-0.2, 0) is 13.5 Å². The second-order valence-electron chi connectivity index (χ2n) is 4.71. The third-order valence-electron chi connectivity index (χ3n) is 3.21. The van der Waals surface area contributed by atoms with Gasteiger partial charge in [-0.05, 0) is 37.5 Å². The molecular formula is C15H19N3O. The van der Waals surface area contributed by atoms with Crippen LogP contribution in [0.15, 0.2) is 24.3 Å². The molecule has 0 saturated carbocycles. The van der Waals surface area contributed by atoms with Gasteiger partial charge in [-0.15, -0.1) is 0 Å². The number of benzene rings is 1. The Morgan fingerprint density at radius 2 is 2.11 bits per heavy atom. The molecule has 0 radical (unpaired) electrons.